The zero-order valence-corrected chi connectivity index (χ0v) is 11.7. The van der Waals surface area contributed by atoms with E-state index in [1.165, 1.54) is 5.56 Å². The number of pyridine rings is 1. The molecule has 0 saturated heterocycles. The standard InChI is InChI=1S/C19H17NO/c21-19(16-12-15(16)13-6-2-1-3-7-13)18-11-10-14-8-4-5-9-17(14)20-18/h1-11,15-16,19,21H,12H2. The van der Waals surface area contributed by atoms with Crippen molar-refractivity contribution in [3.05, 3.63) is 78.0 Å². The van der Waals surface area contributed by atoms with Crippen LogP contribution in [0.2, 0.25) is 0 Å². The molecule has 4 rings (SSSR count). The smallest absolute Gasteiger partial charge is 0.0994 e. The summed E-state index contributed by atoms with van der Waals surface area (Å²) in [7, 11) is 0. The van der Waals surface area contributed by atoms with Crippen LogP contribution >= 0.6 is 0 Å². The molecule has 3 aromatic rings. The summed E-state index contributed by atoms with van der Waals surface area (Å²) in [5.74, 6) is 0.760. The molecule has 0 bridgehead atoms. The fourth-order valence-electron chi connectivity index (χ4n) is 3.11. The highest BCUT2D eigenvalue weighted by molar-refractivity contribution is 5.78. The van der Waals surface area contributed by atoms with Crippen molar-refractivity contribution in [3.63, 3.8) is 0 Å². The van der Waals surface area contributed by atoms with Crippen LogP contribution in [0.5, 0.6) is 0 Å². The normalized spacial score (nSPS) is 22.1. The number of rotatable bonds is 3. The Hall–Kier alpha value is -2.19. The number of fused-ring (bicyclic) bond motifs is 1. The van der Waals surface area contributed by atoms with Crippen molar-refractivity contribution in [2.45, 2.75) is 18.4 Å². The van der Waals surface area contributed by atoms with E-state index in [0.717, 1.165) is 23.0 Å². The number of aliphatic hydroxyl groups excluding tert-OH is 1. The molecule has 3 atom stereocenters. The second kappa shape index (κ2) is 4.97. The van der Waals surface area contributed by atoms with Crippen LogP contribution in [0.1, 0.15) is 29.7 Å². The molecular formula is C19H17NO. The molecule has 2 heteroatoms. The van der Waals surface area contributed by atoms with Crippen LogP contribution in [0.4, 0.5) is 0 Å². The number of hydrogen-bond acceptors (Lipinski definition) is 2. The summed E-state index contributed by atoms with van der Waals surface area (Å²) in [4.78, 5) is 4.61. The van der Waals surface area contributed by atoms with Crippen molar-refractivity contribution in [1.29, 1.82) is 0 Å². The van der Waals surface area contributed by atoms with E-state index in [1.54, 1.807) is 0 Å². The minimum absolute atomic E-state index is 0.293. The molecule has 3 unspecified atom stereocenters. The van der Waals surface area contributed by atoms with Crippen molar-refractivity contribution in [2.75, 3.05) is 0 Å². The van der Waals surface area contributed by atoms with Crippen molar-refractivity contribution in [3.8, 4) is 0 Å². The summed E-state index contributed by atoms with van der Waals surface area (Å²) >= 11 is 0. The second-order valence-electron chi connectivity index (χ2n) is 5.79. The first kappa shape index (κ1) is 12.5. The van der Waals surface area contributed by atoms with E-state index < -0.39 is 6.10 Å². The van der Waals surface area contributed by atoms with Gasteiger partial charge in [-0.2, -0.15) is 0 Å². The first-order chi connectivity index (χ1) is 10.3. The van der Waals surface area contributed by atoms with Crippen LogP contribution < -0.4 is 0 Å². The Morgan fingerprint density at radius 1 is 0.905 bits per heavy atom. The average molecular weight is 275 g/mol. The van der Waals surface area contributed by atoms with Crippen molar-refractivity contribution in [2.24, 2.45) is 5.92 Å². The molecule has 1 aromatic heterocycles. The Labute approximate surface area is 124 Å². The molecule has 2 aromatic carbocycles. The van der Waals surface area contributed by atoms with Gasteiger partial charge in [-0.25, -0.2) is 0 Å². The van der Waals surface area contributed by atoms with Gasteiger partial charge in [0.25, 0.3) is 0 Å². The first-order valence-corrected chi connectivity index (χ1v) is 7.41. The van der Waals surface area contributed by atoms with Crippen LogP contribution in [-0.2, 0) is 0 Å². The van der Waals surface area contributed by atoms with E-state index in [-0.39, 0.29) is 0 Å². The molecule has 1 aliphatic rings. The van der Waals surface area contributed by atoms with Crippen LogP contribution in [-0.4, -0.2) is 10.1 Å². The van der Waals surface area contributed by atoms with Gasteiger partial charge in [0.2, 0.25) is 0 Å². The molecule has 0 aliphatic heterocycles. The van der Waals surface area contributed by atoms with E-state index in [9.17, 15) is 5.11 Å². The SMILES string of the molecule is OC(c1ccc2ccccc2n1)C1CC1c1ccccc1. The molecule has 1 N–H and O–H groups in total. The molecule has 0 spiro atoms. The predicted molar refractivity (Wildman–Crippen MR) is 84.0 cm³/mol. The van der Waals surface area contributed by atoms with E-state index in [0.29, 0.717) is 11.8 Å². The second-order valence-corrected chi connectivity index (χ2v) is 5.79. The minimum Gasteiger partial charge on any atom is -0.386 e. The topological polar surface area (TPSA) is 33.1 Å². The lowest BCUT2D eigenvalue weighted by molar-refractivity contribution is 0.147. The molecule has 21 heavy (non-hydrogen) atoms. The Balaban J connectivity index is 1.58. The highest BCUT2D eigenvalue weighted by atomic mass is 16.3. The Bertz CT molecular complexity index is 769. The Kier molecular flexibility index (Phi) is 2.97. The number of aromatic nitrogens is 1. The lowest BCUT2D eigenvalue weighted by atomic mass is 10.0. The van der Waals surface area contributed by atoms with Crippen LogP contribution in [0.3, 0.4) is 0 Å². The summed E-state index contributed by atoms with van der Waals surface area (Å²) in [6.45, 7) is 0. The van der Waals surface area contributed by atoms with Gasteiger partial charge in [0, 0.05) is 5.39 Å². The third-order valence-corrected chi connectivity index (χ3v) is 4.40. The minimum atomic E-state index is -0.472. The molecule has 2 nitrogen and oxygen atoms in total. The van der Waals surface area contributed by atoms with Crippen LogP contribution in [0, 0.1) is 5.92 Å². The van der Waals surface area contributed by atoms with Gasteiger partial charge in [0.1, 0.15) is 0 Å². The van der Waals surface area contributed by atoms with Gasteiger partial charge in [-0.3, -0.25) is 4.98 Å². The highest BCUT2D eigenvalue weighted by Gasteiger charge is 2.44. The Morgan fingerprint density at radius 2 is 1.67 bits per heavy atom. The van der Waals surface area contributed by atoms with E-state index in [4.69, 9.17) is 0 Å². The van der Waals surface area contributed by atoms with Gasteiger partial charge in [-0.15, -0.1) is 0 Å². The van der Waals surface area contributed by atoms with Gasteiger partial charge >= 0.3 is 0 Å². The largest absolute Gasteiger partial charge is 0.386 e. The van der Waals surface area contributed by atoms with Gasteiger partial charge in [0.05, 0.1) is 17.3 Å². The maximum atomic E-state index is 10.6. The lowest BCUT2D eigenvalue weighted by Gasteiger charge is -2.11. The quantitative estimate of drug-likeness (QED) is 0.781. The fraction of sp³-hybridized carbons (Fsp3) is 0.211. The van der Waals surface area contributed by atoms with Gasteiger partial charge < -0.3 is 5.11 Å². The number of aliphatic hydroxyl groups is 1. The van der Waals surface area contributed by atoms with Gasteiger partial charge in [-0.05, 0) is 36.0 Å². The zero-order chi connectivity index (χ0) is 14.2. The van der Waals surface area contributed by atoms with E-state index >= 15 is 0 Å². The first-order valence-electron chi connectivity index (χ1n) is 7.41. The Morgan fingerprint density at radius 3 is 2.52 bits per heavy atom. The average Bonchev–Trinajstić information content (AvgIpc) is 3.35. The molecule has 1 saturated carbocycles. The van der Waals surface area contributed by atoms with Crippen molar-refractivity contribution in [1.82, 2.24) is 4.98 Å². The molecule has 1 aliphatic carbocycles. The summed E-state index contributed by atoms with van der Waals surface area (Å²) in [6, 6.07) is 22.5. The van der Waals surface area contributed by atoms with Gasteiger partial charge in [0.15, 0.2) is 0 Å². The fourth-order valence-corrected chi connectivity index (χ4v) is 3.11. The molecular weight excluding hydrogens is 258 g/mol. The van der Waals surface area contributed by atoms with Crippen LogP contribution in [0.25, 0.3) is 10.9 Å². The molecule has 0 amide bonds. The molecule has 0 radical (unpaired) electrons. The molecule has 1 heterocycles. The highest BCUT2D eigenvalue weighted by Crippen LogP contribution is 2.53. The van der Waals surface area contributed by atoms with Crippen LogP contribution in [0.15, 0.2) is 66.7 Å². The summed E-state index contributed by atoms with van der Waals surface area (Å²) in [6.07, 6.45) is 0.569. The third-order valence-electron chi connectivity index (χ3n) is 4.40. The van der Waals surface area contributed by atoms with E-state index in [1.807, 2.05) is 42.5 Å². The van der Waals surface area contributed by atoms with Crippen molar-refractivity contribution < 1.29 is 5.11 Å². The molecule has 1 fully saturated rings. The summed E-state index contributed by atoms with van der Waals surface area (Å²) in [5, 5.41) is 11.7. The monoisotopic (exact) mass is 275 g/mol. The number of para-hydroxylation sites is 1. The number of nitrogens with zero attached hydrogens (tertiary/aromatic N) is 1. The van der Waals surface area contributed by atoms with Crippen molar-refractivity contribution >= 4 is 10.9 Å². The maximum absolute atomic E-state index is 10.6. The summed E-state index contributed by atoms with van der Waals surface area (Å²) < 4.78 is 0. The lowest BCUT2D eigenvalue weighted by Crippen LogP contribution is -2.04. The zero-order valence-electron chi connectivity index (χ0n) is 11.7. The third kappa shape index (κ3) is 2.32. The molecule has 104 valence electrons. The van der Waals surface area contributed by atoms with Gasteiger partial charge in [-0.1, -0.05) is 54.6 Å². The number of benzene rings is 2. The number of hydrogen-bond donors (Lipinski definition) is 1. The van der Waals surface area contributed by atoms with E-state index in [2.05, 4.69) is 29.2 Å². The predicted octanol–water partition coefficient (Wildman–Crippen LogP) is 4.07. The maximum Gasteiger partial charge on any atom is 0.0994 e. The summed E-state index contributed by atoms with van der Waals surface area (Å²) in [5.41, 5.74) is 3.06.